The van der Waals surface area contributed by atoms with Crippen molar-refractivity contribution in [2.45, 2.75) is 12.8 Å². The molecule has 30 heavy (non-hydrogen) atoms. The Morgan fingerprint density at radius 3 is 2.33 bits per heavy atom. The monoisotopic (exact) mass is 419 g/mol. The number of benzene rings is 2. The summed E-state index contributed by atoms with van der Waals surface area (Å²) in [6.45, 7) is 0.359. The van der Waals surface area contributed by atoms with Gasteiger partial charge in [-0.2, -0.15) is 9.61 Å². The molecule has 8 nitrogen and oxygen atoms in total. The van der Waals surface area contributed by atoms with E-state index in [1.54, 1.807) is 35.9 Å². The van der Waals surface area contributed by atoms with Crippen molar-refractivity contribution in [2.24, 2.45) is 0 Å². The molecule has 0 unspecified atom stereocenters. The zero-order chi connectivity index (χ0) is 20.7. The van der Waals surface area contributed by atoms with Crippen LogP contribution < -0.4 is 4.74 Å². The number of fused-ring (bicyclic) bond motifs is 2. The number of rotatable bonds is 6. The highest BCUT2D eigenvalue weighted by Gasteiger charge is 2.34. The van der Waals surface area contributed by atoms with Crippen LogP contribution in [-0.2, 0) is 6.42 Å². The molecule has 0 bridgehead atoms. The van der Waals surface area contributed by atoms with Gasteiger partial charge in [0, 0.05) is 18.5 Å². The summed E-state index contributed by atoms with van der Waals surface area (Å²) in [5.41, 5.74) is 1.85. The number of carbonyl (C=O) groups excluding carboxylic acids is 2. The summed E-state index contributed by atoms with van der Waals surface area (Å²) in [5, 5.41) is 13.9. The van der Waals surface area contributed by atoms with E-state index in [4.69, 9.17) is 4.74 Å². The Hall–Kier alpha value is -3.59. The van der Waals surface area contributed by atoms with Gasteiger partial charge < -0.3 is 4.74 Å². The van der Waals surface area contributed by atoms with Crippen LogP contribution in [0.4, 0.5) is 0 Å². The summed E-state index contributed by atoms with van der Waals surface area (Å²) in [5.74, 6) is 0.980. The molecule has 1 aliphatic heterocycles. The number of hydrogen-bond donors (Lipinski definition) is 0. The lowest BCUT2D eigenvalue weighted by Crippen LogP contribution is -2.30. The fourth-order valence-electron chi connectivity index (χ4n) is 3.51. The second-order valence-corrected chi connectivity index (χ2v) is 7.89. The van der Waals surface area contributed by atoms with Crippen molar-refractivity contribution in [1.82, 2.24) is 24.7 Å². The first-order valence-corrected chi connectivity index (χ1v) is 10.3. The molecule has 2 aromatic heterocycles. The smallest absolute Gasteiger partial charge is 0.261 e. The van der Waals surface area contributed by atoms with Gasteiger partial charge in [0.2, 0.25) is 4.96 Å². The van der Waals surface area contributed by atoms with Gasteiger partial charge in [-0.15, -0.1) is 10.2 Å². The first kappa shape index (κ1) is 18.4. The molecule has 4 aromatic rings. The molecule has 3 heterocycles. The summed E-state index contributed by atoms with van der Waals surface area (Å²) in [6, 6.07) is 14.5. The van der Waals surface area contributed by atoms with E-state index in [1.165, 1.54) is 16.2 Å². The lowest BCUT2D eigenvalue weighted by molar-refractivity contribution is 0.0652. The predicted molar refractivity (Wildman–Crippen MR) is 111 cm³/mol. The summed E-state index contributed by atoms with van der Waals surface area (Å²) in [6.07, 6.45) is 1.27. The topological polar surface area (TPSA) is 89.7 Å². The second kappa shape index (κ2) is 7.34. The van der Waals surface area contributed by atoms with Gasteiger partial charge in [0.15, 0.2) is 5.82 Å². The molecule has 0 aliphatic carbocycles. The third-order valence-electron chi connectivity index (χ3n) is 5.03. The molecule has 2 aromatic carbocycles. The molecule has 0 saturated heterocycles. The van der Waals surface area contributed by atoms with Crippen LogP contribution in [0.15, 0.2) is 48.5 Å². The van der Waals surface area contributed by atoms with Crippen LogP contribution in [0.3, 0.4) is 0 Å². The quantitative estimate of drug-likeness (QED) is 0.446. The van der Waals surface area contributed by atoms with E-state index in [0.29, 0.717) is 41.3 Å². The largest absolute Gasteiger partial charge is 0.497 e. The number of ether oxygens (including phenoxy) is 1. The van der Waals surface area contributed by atoms with Gasteiger partial charge in [-0.1, -0.05) is 23.5 Å². The second-order valence-electron chi connectivity index (χ2n) is 6.85. The van der Waals surface area contributed by atoms with Gasteiger partial charge >= 0.3 is 0 Å². The maximum atomic E-state index is 12.5. The van der Waals surface area contributed by atoms with Crippen molar-refractivity contribution in [3.63, 3.8) is 0 Å². The van der Waals surface area contributed by atoms with Crippen molar-refractivity contribution >= 4 is 28.1 Å². The van der Waals surface area contributed by atoms with Gasteiger partial charge in [0.1, 0.15) is 10.8 Å². The van der Waals surface area contributed by atoms with Crippen LogP contribution in [0.5, 0.6) is 5.75 Å². The van der Waals surface area contributed by atoms with Gasteiger partial charge in [0.25, 0.3) is 11.8 Å². The van der Waals surface area contributed by atoms with E-state index in [-0.39, 0.29) is 11.8 Å². The molecule has 0 spiro atoms. The minimum atomic E-state index is -0.226. The van der Waals surface area contributed by atoms with Crippen LogP contribution in [0.25, 0.3) is 16.3 Å². The van der Waals surface area contributed by atoms with E-state index in [2.05, 4.69) is 15.3 Å². The van der Waals surface area contributed by atoms with Crippen molar-refractivity contribution in [1.29, 1.82) is 0 Å². The van der Waals surface area contributed by atoms with E-state index < -0.39 is 0 Å². The third kappa shape index (κ3) is 3.03. The average molecular weight is 419 g/mol. The average Bonchev–Trinajstić information content (AvgIpc) is 3.42. The zero-order valence-corrected chi connectivity index (χ0v) is 16.9. The molecular weight excluding hydrogens is 402 g/mol. The summed E-state index contributed by atoms with van der Waals surface area (Å²) in [4.78, 5) is 26.9. The minimum absolute atomic E-state index is 0.226. The molecule has 150 valence electrons. The van der Waals surface area contributed by atoms with Crippen LogP contribution in [0.2, 0.25) is 0 Å². The number of carbonyl (C=O) groups is 2. The number of imide groups is 1. The van der Waals surface area contributed by atoms with Gasteiger partial charge in [0.05, 0.1) is 18.2 Å². The third-order valence-corrected chi connectivity index (χ3v) is 5.99. The lowest BCUT2D eigenvalue weighted by Gasteiger charge is -2.12. The predicted octanol–water partition coefficient (Wildman–Crippen LogP) is 3.09. The normalized spacial score (nSPS) is 13.3. The van der Waals surface area contributed by atoms with Gasteiger partial charge in [-0.25, -0.2) is 0 Å². The van der Waals surface area contributed by atoms with Crippen LogP contribution >= 0.6 is 11.3 Å². The van der Waals surface area contributed by atoms with E-state index >= 15 is 0 Å². The fourth-order valence-corrected chi connectivity index (χ4v) is 4.38. The van der Waals surface area contributed by atoms with E-state index in [0.717, 1.165) is 16.3 Å². The molecule has 0 saturated carbocycles. The zero-order valence-electron chi connectivity index (χ0n) is 16.1. The Balaban J connectivity index is 1.28. The highest BCUT2D eigenvalue weighted by molar-refractivity contribution is 7.16. The number of nitrogens with zero attached hydrogens (tertiary/aromatic N) is 5. The number of aromatic nitrogens is 4. The maximum Gasteiger partial charge on any atom is 0.261 e. The van der Waals surface area contributed by atoms with Crippen LogP contribution in [0, 0.1) is 0 Å². The van der Waals surface area contributed by atoms with Crippen molar-refractivity contribution < 1.29 is 14.3 Å². The SMILES string of the molecule is COc1ccc(-c2nnc3sc(CCCN4C(=O)c5ccccc5C4=O)nn23)cc1. The molecule has 1 aliphatic rings. The van der Waals surface area contributed by atoms with Gasteiger partial charge in [-0.3, -0.25) is 14.5 Å². The molecule has 0 atom stereocenters. The molecule has 5 rings (SSSR count). The fraction of sp³-hybridized carbons (Fsp3) is 0.190. The standard InChI is InChI=1S/C21H17N5O3S/c1-29-14-10-8-13(9-11-14)18-22-23-21-26(18)24-17(30-21)7-4-12-25-19(27)15-5-2-3-6-16(15)20(25)28/h2-3,5-6,8-11H,4,7,12H2,1H3. The molecule has 2 amide bonds. The molecule has 0 fully saturated rings. The van der Waals surface area contributed by atoms with Crippen LogP contribution in [-0.4, -0.2) is 50.2 Å². The van der Waals surface area contributed by atoms with Crippen molar-refractivity contribution in [3.05, 3.63) is 64.7 Å². The lowest BCUT2D eigenvalue weighted by atomic mass is 10.1. The summed E-state index contributed by atoms with van der Waals surface area (Å²) in [7, 11) is 1.62. The Morgan fingerprint density at radius 1 is 0.967 bits per heavy atom. The molecule has 9 heteroatoms. The first-order valence-electron chi connectivity index (χ1n) is 9.46. The Morgan fingerprint density at radius 2 is 1.67 bits per heavy atom. The maximum absolute atomic E-state index is 12.5. The van der Waals surface area contributed by atoms with Gasteiger partial charge in [-0.05, 0) is 42.8 Å². The van der Waals surface area contributed by atoms with Crippen molar-refractivity contribution in [3.8, 4) is 17.1 Å². The highest BCUT2D eigenvalue weighted by atomic mass is 32.1. The van der Waals surface area contributed by atoms with E-state index in [9.17, 15) is 9.59 Å². The molecular formula is C21H17N5O3S. The highest BCUT2D eigenvalue weighted by Crippen LogP contribution is 2.25. The number of hydrogen-bond acceptors (Lipinski definition) is 7. The summed E-state index contributed by atoms with van der Waals surface area (Å²) >= 11 is 1.46. The van der Waals surface area contributed by atoms with E-state index in [1.807, 2.05) is 24.3 Å². The first-order chi connectivity index (χ1) is 14.7. The van der Waals surface area contributed by atoms with Crippen LogP contribution in [0.1, 0.15) is 32.1 Å². The Bertz CT molecular complexity index is 1230. The number of aryl methyl sites for hydroxylation is 1. The Labute approximate surface area is 175 Å². The minimum Gasteiger partial charge on any atom is -0.497 e. The number of amides is 2. The van der Waals surface area contributed by atoms with Crippen molar-refractivity contribution in [2.75, 3.05) is 13.7 Å². The Kier molecular flexibility index (Phi) is 4.51. The number of methoxy groups -OCH3 is 1. The molecule has 0 radical (unpaired) electrons. The summed E-state index contributed by atoms with van der Waals surface area (Å²) < 4.78 is 6.92. The molecule has 0 N–H and O–H groups in total.